The molecule has 0 fully saturated rings. The normalized spacial score (nSPS) is 12.7. The van der Waals surface area contributed by atoms with E-state index in [4.69, 9.17) is 0 Å². The standard InChI is InChI=1S/C37H43FN2O5/c1-24(2)32-31(34(41)39-28-16-10-7-11-17-28)30(25-14-8-6-9-15-25)33(26-19-21-27(38)22-20-26)40(32)23-13-12-18-29(36(3,4)5)37(44,45)35(42)43/h6-11,14-17,19-22,24,29,44-45H,12-13,18,23H2,1-5H3,(H,39,41)(H,42,43)/p-1. The fourth-order valence-electron chi connectivity index (χ4n) is 6.21. The fraction of sp³-hybridized carbons (Fsp3) is 0.351. The second kappa shape index (κ2) is 13.8. The van der Waals surface area contributed by atoms with Crippen molar-refractivity contribution in [2.24, 2.45) is 11.3 Å². The zero-order valence-electron chi connectivity index (χ0n) is 26.5. The van der Waals surface area contributed by atoms with Crippen LogP contribution in [0.1, 0.15) is 75.9 Å². The van der Waals surface area contributed by atoms with E-state index >= 15 is 0 Å². The molecule has 0 saturated heterocycles. The number of carbonyl (C=O) groups excluding carboxylic acids is 2. The number of aromatic nitrogens is 1. The molecule has 0 aliphatic carbocycles. The number of hydrogen-bond donors (Lipinski definition) is 3. The third-order valence-corrected chi connectivity index (χ3v) is 8.25. The Bertz CT molecular complexity index is 1600. The lowest BCUT2D eigenvalue weighted by Gasteiger charge is -2.40. The summed E-state index contributed by atoms with van der Waals surface area (Å²) in [7, 11) is 0. The summed E-state index contributed by atoms with van der Waals surface area (Å²) in [6.07, 6.45) is 1.25. The van der Waals surface area contributed by atoms with Gasteiger partial charge in [0.15, 0.2) is 0 Å². The van der Waals surface area contributed by atoms with Crippen molar-refractivity contribution in [1.29, 1.82) is 0 Å². The van der Waals surface area contributed by atoms with Crippen molar-refractivity contribution in [2.75, 3.05) is 5.32 Å². The Balaban J connectivity index is 1.85. The third-order valence-electron chi connectivity index (χ3n) is 8.25. The molecule has 0 saturated carbocycles. The fourth-order valence-corrected chi connectivity index (χ4v) is 6.21. The van der Waals surface area contributed by atoms with Crippen LogP contribution in [0.5, 0.6) is 0 Å². The number of hydrogen-bond acceptors (Lipinski definition) is 5. The van der Waals surface area contributed by atoms with Gasteiger partial charge in [-0.25, -0.2) is 4.39 Å². The van der Waals surface area contributed by atoms with Crippen molar-refractivity contribution in [3.05, 3.63) is 102 Å². The Hall–Kier alpha value is -4.27. The molecule has 0 radical (unpaired) electrons. The Morgan fingerprint density at radius 3 is 1.98 bits per heavy atom. The maximum Gasteiger partial charge on any atom is 0.258 e. The first-order chi connectivity index (χ1) is 21.2. The molecule has 4 rings (SSSR count). The largest absolute Gasteiger partial charge is 0.544 e. The Kier molecular flexibility index (Phi) is 10.3. The van der Waals surface area contributed by atoms with E-state index in [0.717, 1.165) is 28.1 Å². The molecule has 1 aromatic heterocycles. The summed E-state index contributed by atoms with van der Waals surface area (Å²) in [5.74, 6) is -6.60. The average molecular weight is 614 g/mol. The van der Waals surface area contributed by atoms with E-state index in [1.165, 1.54) is 12.1 Å². The number of nitrogens with zero attached hydrogens (tertiary/aromatic N) is 1. The molecule has 0 aliphatic rings. The van der Waals surface area contributed by atoms with Crippen molar-refractivity contribution in [2.45, 2.75) is 72.1 Å². The van der Waals surface area contributed by atoms with E-state index in [-0.39, 0.29) is 24.1 Å². The molecule has 0 bridgehead atoms. The second-order valence-electron chi connectivity index (χ2n) is 12.9. The highest BCUT2D eigenvalue weighted by molar-refractivity contribution is 6.12. The smallest absolute Gasteiger partial charge is 0.258 e. The molecule has 3 N–H and O–H groups in total. The van der Waals surface area contributed by atoms with Crippen LogP contribution in [0.15, 0.2) is 84.9 Å². The lowest BCUT2D eigenvalue weighted by molar-refractivity contribution is -0.358. The van der Waals surface area contributed by atoms with E-state index in [0.29, 0.717) is 30.6 Å². The minimum Gasteiger partial charge on any atom is -0.544 e. The number of carbonyl (C=O) groups is 2. The van der Waals surface area contributed by atoms with Crippen LogP contribution in [0.25, 0.3) is 22.4 Å². The number of para-hydroxylation sites is 1. The van der Waals surface area contributed by atoms with Gasteiger partial charge in [-0.15, -0.1) is 0 Å². The van der Waals surface area contributed by atoms with Gasteiger partial charge in [0.2, 0.25) is 5.79 Å². The van der Waals surface area contributed by atoms with Gasteiger partial charge in [0.25, 0.3) is 5.91 Å². The molecular weight excluding hydrogens is 571 g/mol. The molecule has 4 aromatic rings. The summed E-state index contributed by atoms with van der Waals surface area (Å²) in [5, 5.41) is 35.5. The van der Waals surface area contributed by atoms with Crippen molar-refractivity contribution < 1.29 is 29.3 Å². The van der Waals surface area contributed by atoms with Crippen LogP contribution in [0.2, 0.25) is 0 Å². The van der Waals surface area contributed by atoms with Crippen LogP contribution in [-0.2, 0) is 11.3 Å². The number of aliphatic carboxylic acids is 1. The van der Waals surface area contributed by atoms with Gasteiger partial charge in [0.1, 0.15) is 11.8 Å². The van der Waals surface area contributed by atoms with Crippen LogP contribution >= 0.6 is 0 Å². The van der Waals surface area contributed by atoms with Gasteiger partial charge >= 0.3 is 0 Å². The van der Waals surface area contributed by atoms with E-state index in [1.807, 2.05) is 74.5 Å². The summed E-state index contributed by atoms with van der Waals surface area (Å²) in [5.41, 5.74) is 4.34. The quantitative estimate of drug-likeness (QED) is 0.123. The van der Waals surface area contributed by atoms with E-state index < -0.39 is 23.1 Å². The second-order valence-corrected chi connectivity index (χ2v) is 12.9. The number of unbranched alkanes of at least 4 members (excludes halogenated alkanes) is 1. The molecule has 3 aromatic carbocycles. The molecule has 1 amide bonds. The highest BCUT2D eigenvalue weighted by Crippen LogP contribution is 2.43. The molecule has 45 heavy (non-hydrogen) atoms. The number of carboxylic acids is 1. The summed E-state index contributed by atoms with van der Waals surface area (Å²) < 4.78 is 16.2. The van der Waals surface area contributed by atoms with E-state index in [2.05, 4.69) is 9.88 Å². The number of aliphatic hydroxyl groups is 2. The van der Waals surface area contributed by atoms with Gasteiger partial charge < -0.3 is 30.0 Å². The summed E-state index contributed by atoms with van der Waals surface area (Å²) in [6, 6.07) is 25.1. The van der Waals surface area contributed by atoms with Gasteiger partial charge in [-0.1, -0.05) is 89.6 Å². The average Bonchev–Trinajstić information content (AvgIpc) is 3.33. The molecule has 8 heteroatoms. The number of benzene rings is 3. The zero-order valence-corrected chi connectivity index (χ0v) is 26.5. The molecule has 1 atom stereocenters. The summed E-state index contributed by atoms with van der Waals surface area (Å²) in [4.78, 5) is 25.8. The Labute approximate surface area is 264 Å². The molecule has 238 valence electrons. The number of carboxylic acid groups (broad SMARTS) is 1. The number of rotatable bonds is 12. The number of halogens is 1. The van der Waals surface area contributed by atoms with Crippen molar-refractivity contribution in [3.63, 3.8) is 0 Å². The molecule has 1 unspecified atom stereocenters. The van der Waals surface area contributed by atoms with Gasteiger partial charge in [-0.3, -0.25) is 4.79 Å². The monoisotopic (exact) mass is 613 g/mol. The lowest BCUT2D eigenvalue weighted by atomic mass is 9.73. The van der Waals surface area contributed by atoms with Gasteiger partial charge in [-0.2, -0.15) is 0 Å². The van der Waals surface area contributed by atoms with Crippen LogP contribution in [-0.4, -0.2) is 32.4 Å². The first-order valence-corrected chi connectivity index (χ1v) is 15.3. The molecule has 0 spiro atoms. The number of nitrogens with one attached hydrogen (secondary N) is 1. The minimum atomic E-state index is -2.97. The molecule has 7 nitrogen and oxygen atoms in total. The highest BCUT2D eigenvalue weighted by Gasteiger charge is 2.43. The third kappa shape index (κ3) is 7.52. The minimum absolute atomic E-state index is 0.0823. The zero-order chi connectivity index (χ0) is 32.9. The lowest BCUT2D eigenvalue weighted by Crippen LogP contribution is -2.56. The molecule has 1 heterocycles. The van der Waals surface area contributed by atoms with Crippen LogP contribution in [0.4, 0.5) is 10.1 Å². The maximum atomic E-state index is 14.2. The number of anilines is 1. The first-order valence-electron chi connectivity index (χ1n) is 15.3. The predicted molar refractivity (Wildman–Crippen MR) is 173 cm³/mol. The van der Waals surface area contributed by atoms with Crippen molar-refractivity contribution >= 4 is 17.6 Å². The van der Waals surface area contributed by atoms with Crippen LogP contribution < -0.4 is 10.4 Å². The SMILES string of the molecule is CC(C)c1c(C(=O)Nc2ccccc2)c(-c2ccccc2)c(-c2ccc(F)cc2)n1CCCCC(C(C)(C)C)C(O)(O)C(=O)[O-]. The van der Waals surface area contributed by atoms with E-state index in [1.54, 1.807) is 32.9 Å². The maximum absolute atomic E-state index is 14.2. The number of amides is 1. The molecule has 0 aliphatic heterocycles. The Morgan fingerprint density at radius 2 is 1.44 bits per heavy atom. The van der Waals surface area contributed by atoms with Crippen LogP contribution in [0.3, 0.4) is 0 Å². The van der Waals surface area contributed by atoms with E-state index in [9.17, 15) is 29.3 Å². The Morgan fingerprint density at radius 1 is 0.867 bits per heavy atom. The summed E-state index contributed by atoms with van der Waals surface area (Å²) >= 11 is 0. The highest BCUT2D eigenvalue weighted by atomic mass is 19.1. The molecular formula is C37H42FN2O5-. The van der Waals surface area contributed by atoms with Crippen molar-refractivity contribution in [1.82, 2.24) is 4.57 Å². The van der Waals surface area contributed by atoms with Crippen molar-refractivity contribution in [3.8, 4) is 22.4 Å². The summed E-state index contributed by atoms with van der Waals surface area (Å²) in [6.45, 7) is 9.79. The van der Waals surface area contributed by atoms with Crippen LogP contribution in [0, 0.1) is 17.2 Å². The predicted octanol–water partition coefficient (Wildman–Crippen LogP) is 6.60. The first kappa shape index (κ1) is 33.6. The topological polar surface area (TPSA) is 115 Å². The van der Waals surface area contributed by atoms with Gasteiger partial charge in [0, 0.05) is 29.4 Å². The van der Waals surface area contributed by atoms with Gasteiger partial charge in [-0.05, 0) is 71.7 Å². The van der Waals surface area contributed by atoms with Gasteiger partial charge in [0.05, 0.1) is 11.3 Å².